The van der Waals surface area contributed by atoms with E-state index in [0.717, 1.165) is 29.8 Å². The molecule has 2 aromatic rings. The molecule has 0 radical (unpaired) electrons. The number of rotatable bonds is 2. The van der Waals surface area contributed by atoms with Gasteiger partial charge in [-0.15, -0.1) is 0 Å². The molecule has 0 saturated heterocycles. The van der Waals surface area contributed by atoms with Crippen LogP contribution < -0.4 is 5.73 Å². The van der Waals surface area contributed by atoms with Gasteiger partial charge in [-0.1, -0.05) is 0 Å². The number of hydrogen-bond donors (Lipinski definition) is 2. The molecule has 0 aromatic carbocycles. The van der Waals surface area contributed by atoms with Gasteiger partial charge in [-0.3, -0.25) is 5.10 Å². The summed E-state index contributed by atoms with van der Waals surface area (Å²) in [6.45, 7) is 0. The van der Waals surface area contributed by atoms with Crippen molar-refractivity contribution in [2.45, 2.75) is 18.4 Å². The summed E-state index contributed by atoms with van der Waals surface area (Å²) in [4.78, 5) is 0. The van der Waals surface area contributed by atoms with Crippen LogP contribution in [0.5, 0.6) is 0 Å². The van der Waals surface area contributed by atoms with Crippen LogP contribution in [0, 0.1) is 0 Å². The molecular formula is C10H11N5. The third-order valence-corrected chi connectivity index (χ3v) is 2.76. The minimum atomic E-state index is -0.206. The first-order valence-corrected chi connectivity index (χ1v) is 4.90. The van der Waals surface area contributed by atoms with Gasteiger partial charge in [0.15, 0.2) is 0 Å². The monoisotopic (exact) mass is 201 g/mol. The molecule has 0 aliphatic heterocycles. The zero-order chi connectivity index (χ0) is 10.3. The summed E-state index contributed by atoms with van der Waals surface area (Å²) in [6.07, 6.45) is 5.53. The predicted octanol–water partition coefficient (Wildman–Crippen LogP) is 0.814. The van der Waals surface area contributed by atoms with Crippen molar-refractivity contribution in [1.82, 2.24) is 20.4 Å². The van der Waals surface area contributed by atoms with Crippen molar-refractivity contribution in [3.63, 3.8) is 0 Å². The van der Waals surface area contributed by atoms with E-state index in [0.29, 0.717) is 0 Å². The molecule has 2 heterocycles. The van der Waals surface area contributed by atoms with Crippen LogP contribution in [0.4, 0.5) is 0 Å². The van der Waals surface area contributed by atoms with Crippen LogP contribution in [-0.4, -0.2) is 20.4 Å². The SMILES string of the molecule is NC1(c2ccc(-c3cn[nH]c3)nn2)CC1. The Morgan fingerprint density at radius 2 is 2.13 bits per heavy atom. The van der Waals surface area contributed by atoms with Gasteiger partial charge in [0.2, 0.25) is 0 Å². The van der Waals surface area contributed by atoms with Gasteiger partial charge in [-0.25, -0.2) is 0 Å². The predicted molar refractivity (Wildman–Crippen MR) is 54.7 cm³/mol. The third-order valence-electron chi connectivity index (χ3n) is 2.76. The van der Waals surface area contributed by atoms with Crippen molar-refractivity contribution >= 4 is 0 Å². The number of aromatic amines is 1. The summed E-state index contributed by atoms with van der Waals surface area (Å²) in [6, 6.07) is 3.88. The van der Waals surface area contributed by atoms with E-state index in [-0.39, 0.29) is 5.54 Å². The highest BCUT2D eigenvalue weighted by Crippen LogP contribution is 2.41. The van der Waals surface area contributed by atoms with Crippen molar-refractivity contribution in [2.24, 2.45) is 5.73 Å². The van der Waals surface area contributed by atoms with E-state index in [1.54, 1.807) is 12.4 Å². The largest absolute Gasteiger partial charge is 0.320 e. The number of hydrogen-bond acceptors (Lipinski definition) is 4. The van der Waals surface area contributed by atoms with Gasteiger partial charge in [0.1, 0.15) is 0 Å². The maximum absolute atomic E-state index is 6.02. The first-order chi connectivity index (χ1) is 7.28. The molecule has 1 aliphatic carbocycles. The molecule has 0 spiro atoms. The molecule has 3 N–H and O–H groups in total. The molecule has 5 nitrogen and oxygen atoms in total. The molecule has 1 saturated carbocycles. The molecule has 0 amide bonds. The summed E-state index contributed by atoms with van der Waals surface area (Å²) >= 11 is 0. The van der Waals surface area contributed by atoms with E-state index < -0.39 is 0 Å². The Labute approximate surface area is 86.7 Å². The molecule has 5 heteroatoms. The molecule has 1 fully saturated rings. The van der Waals surface area contributed by atoms with Crippen LogP contribution in [0.2, 0.25) is 0 Å². The maximum Gasteiger partial charge on any atom is 0.0961 e. The average molecular weight is 201 g/mol. The van der Waals surface area contributed by atoms with Crippen molar-refractivity contribution in [1.29, 1.82) is 0 Å². The van der Waals surface area contributed by atoms with Crippen LogP contribution >= 0.6 is 0 Å². The van der Waals surface area contributed by atoms with Crippen LogP contribution in [0.25, 0.3) is 11.3 Å². The van der Waals surface area contributed by atoms with Gasteiger partial charge in [0.25, 0.3) is 0 Å². The Hall–Kier alpha value is -1.75. The zero-order valence-electron chi connectivity index (χ0n) is 8.14. The average Bonchev–Trinajstić information content (AvgIpc) is 2.84. The number of aromatic nitrogens is 4. The number of nitrogens with one attached hydrogen (secondary N) is 1. The fourth-order valence-corrected chi connectivity index (χ4v) is 1.53. The standard InChI is InChI=1S/C10H11N5/c11-10(3-4-10)9-2-1-8(14-15-9)7-5-12-13-6-7/h1-2,5-6H,3-4,11H2,(H,12,13). The molecule has 1 aliphatic rings. The molecule has 76 valence electrons. The van der Waals surface area contributed by atoms with Crippen LogP contribution in [-0.2, 0) is 5.54 Å². The Balaban J connectivity index is 1.94. The van der Waals surface area contributed by atoms with Crippen molar-refractivity contribution in [2.75, 3.05) is 0 Å². The first kappa shape index (κ1) is 8.55. The van der Waals surface area contributed by atoms with Crippen LogP contribution in [0.15, 0.2) is 24.5 Å². The van der Waals surface area contributed by atoms with Gasteiger partial charge in [0.05, 0.1) is 23.1 Å². The van der Waals surface area contributed by atoms with E-state index >= 15 is 0 Å². The molecule has 3 rings (SSSR count). The topological polar surface area (TPSA) is 80.5 Å². The fraction of sp³-hybridized carbons (Fsp3) is 0.300. The van der Waals surface area contributed by atoms with Gasteiger partial charge < -0.3 is 5.73 Å². The Morgan fingerprint density at radius 3 is 2.67 bits per heavy atom. The molecule has 0 bridgehead atoms. The quantitative estimate of drug-likeness (QED) is 0.753. The number of H-pyrrole nitrogens is 1. The second-order valence-corrected chi connectivity index (χ2v) is 3.95. The molecule has 2 aromatic heterocycles. The van der Waals surface area contributed by atoms with E-state index in [1.807, 2.05) is 12.1 Å². The molecule has 0 unspecified atom stereocenters. The summed E-state index contributed by atoms with van der Waals surface area (Å²) in [7, 11) is 0. The minimum absolute atomic E-state index is 0.206. The second kappa shape index (κ2) is 2.87. The first-order valence-electron chi connectivity index (χ1n) is 4.90. The highest BCUT2D eigenvalue weighted by Gasteiger charge is 2.41. The molecule has 15 heavy (non-hydrogen) atoms. The number of nitrogens with two attached hydrogens (primary N) is 1. The summed E-state index contributed by atoms with van der Waals surface area (Å²) in [5.41, 5.74) is 8.45. The Morgan fingerprint density at radius 1 is 1.27 bits per heavy atom. The maximum atomic E-state index is 6.02. The third kappa shape index (κ3) is 1.41. The van der Waals surface area contributed by atoms with Crippen molar-refractivity contribution in [3.05, 3.63) is 30.2 Å². The lowest BCUT2D eigenvalue weighted by Gasteiger charge is -2.06. The van der Waals surface area contributed by atoms with Crippen LogP contribution in [0.3, 0.4) is 0 Å². The van der Waals surface area contributed by atoms with Crippen molar-refractivity contribution < 1.29 is 0 Å². The Kier molecular flexibility index (Phi) is 1.63. The van der Waals surface area contributed by atoms with Gasteiger partial charge >= 0.3 is 0 Å². The highest BCUT2D eigenvalue weighted by molar-refractivity contribution is 5.55. The van der Waals surface area contributed by atoms with E-state index in [9.17, 15) is 0 Å². The lowest BCUT2D eigenvalue weighted by atomic mass is 10.1. The number of nitrogens with zero attached hydrogens (tertiary/aromatic N) is 3. The Bertz CT molecular complexity index is 455. The van der Waals surface area contributed by atoms with Crippen molar-refractivity contribution in [3.8, 4) is 11.3 Å². The van der Waals surface area contributed by atoms with Gasteiger partial charge in [-0.05, 0) is 25.0 Å². The van der Waals surface area contributed by atoms with E-state index in [4.69, 9.17) is 5.73 Å². The zero-order valence-corrected chi connectivity index (χ0v) is 8.14. The highest BCUT2D eigenvalue weighted by atomic mass is 15.1. The molecule has 0 atom stereocenters. The minimum Gasteiger partial charge on any atom is -0.320 e. The van der Waals surface area contributed by atoms with E-state index in [2.05, 4.69) is 20.4 Å². The van der Waals surface area contributed by atoms with Gasteiger partial charge in [-0.2, -0.15) is 15.3 Å². The van der Waals surface area contributed by atoms with Gasteiger partial charge in [0, 0.05) is 11.8 Å². The fourth-order valence-electron chi connectivity index (χ4n) is 1.53. The lowest BCUT2D eigenvalue weighted by molar-refractivity contribution is 0.688. The second-order valence-electron chi connectivity index (χ2n) is 3.95. The molecular weight excluding hydrogens is 190 g/mol. The smallest absolute Gasteiger partial charge is 0.0961 e. The van der Waals surface area contributed by atoms with Crippen LogP contribution in [0.1, 0.15) is 18.5 Å². The lowest BCUT2D eigenvalue weighted by Crippen LogP contribution is -2.20. The normalized spacial score (nSPS) is 17.7. The summed E-state index contributed by atoms with van der Waals surface area (Å²) in [5.74, 6) is 0. The summed E-state index contributed by atoms with van der Waals surface area (Å²) in [5, 5.41) is 14.9. The summed E-state index contributed by atoms with van der Waals surface area (Å²) < 4.78 is 0. The van der Waals surface area contributed by atoms with E-state index in [1.165, 1.54) is 0 Å².